The number of likely N-dealkylation sites (tertiary alicyclic amines) is 1. The molecule has 512 valence electrons. The maximum absolute atomic E-state index is 15.0. The summed E-state index contributed by atoms with van der Waals surface area (Å²) in [5, 5.41) is 24.9. The monoisotopic (exact) mass is 1280 g/mol. The topological polar surface area (TPSA) is 308 Å². The van der Waals surface area contributed by atoms with Crippen molar-refractivity contribution < 1.29 is 62.6 Å². The van der Waals surface area contributed by atoms with Gasteiger partial charge < -0.3 is 66.0 Å². The third kappa shape index (κ3) is 21.4. The number of nitrogens with zero attached hydrogens (tertiary/aromatic N) is 7. The second kappa shape index (κ2) is 35.6. The van der Waals surface area contributed by atoms with Crippen LogP contribution in [0.4, 0.5) is 0 Å². The highest BCUT2D eigenvalue weighted by atomic mass is 16.3. The number of aliphatic hydroxyl groups excluding tert-OH is 1. The standard InChI is InChI=1S/C66H110N12O13/c1-21-41(10)53-59(84)71-54(65(90)78-30-26-23-27-31-78)64(89)73(16)44(13)61(86)76(19)51(34-39(6)7)63(88)74(17)49(32-37(2)3)57(82)69-47(45(14)79)36-52(80)68-48(35-46-28-24-22-25-29-46)62(87)72(15)43(12)56(81)67-42(11)60(85)77(20)55(40(8)9)66(91)75(18)50(33-38(4)5)58(83)70-53/h22,24-25,28-29,37-45,47-51,53-55,79H,21,23,26-27,30-36H2,1-20H3,(H,67,81)(H,68,80)(H,69,82)(H,70,83)(H,71,84)/t41-,42-,43-,44-,45+,47?,48-,49-,50-,51-,53-,54-,55-/m0/s1. The second-order valence-electron chi connectivity index (χ2n) is 27.0. The van der Waals surface area contributed by atoms with E-state index in [0.717, 1.165) is 16.2 Å². The Morgan fingerprint density at radius 2 is 1.01 bits per heavy atom. The van der Waals surface area contributed by atoms with Gasteiger partial charge in [0.1, 0.15) is 54.4 Å². The van der Waals surface area contributed by atoms with Gasteiger partial charge in [0.05, 0.1) is 12.1 Å². The zero-order valence-corrected chi connectivity index (χ0v) is 58.0. The van der Waals surface area contributed by atoms with Crippen molar-refractivity contribution in [1.82, 2.24) is 60.9 Å². The number of amides is 12. The zero-order valence-electron chi connectivity index (χ0n) is 58.0. The lowest BCUT2D eigenvalue weighted by molar-refractivity contribution is -0.154. The molecule has 6 N–H and O–H groups in total. The maximum atomic E-state index is 15.0. The number of carbonyl (C=O) groups is 12. The predicted octanol–water partition coefficient (Wildman–Crippen LogP) is 2.31. The number of piperidine rings is 1. The predicted molar refractivity (Wildman–Crippen MR) is 346 cm³/mol. The highest BCUT2D eigenvalue weighted by Crippen LogP contribution is 2.24. The zero-order chi connectivity index (χ0) is 69.2. The Balaban J connectivity index is 2.30. The number of aliphatic hydroxyl groups is 1. The van der Waals surface area contributed by atoms with Gasteiger partial charge in [-0.25, -0.2) is 0 Å². The summed E-state index contributed by atoms with van der Waals surface area (Å²) in [4.78, 5) is 185. The van der Waals surface area contributed by atoms with Gasteiger partial charge in [0.25, 0.3) is 11.8 Å². The number of nitrogens with one attached hydrogen (secondary N) is 5. The number of likely N-dealkylation sites (N-methyl/N-ethyl adjacent to an activating group) is 6. The minimum absolute atomic E-state index is 0.0375. The first-order valence-electron chi connectivity index (χ1n) is 32.5. The van der Waals surface area contributed by atoms with Gasteiger partial charge in [-0.05, 0) is 101 Å². The number of benzene rings is 1. The highest BCUT2D eigenvalue weighted by Gasteiger charge is 2.45. The summed E-state index contributed by atoms with van der Waals surface area (Å²) in [6.07, 6.45) is 0.842. The van der Waals surface area contributed by atoms with E-state index >= 15 is 9.59 Å². The van der Waals surface area contributed by atoms with E-state index in [-0.39, 0.29) is 43.4 Å². The van der Waals surface area contributed by atoms with E-state index in [4.69, 9.17) is 0 Å². The largest absolute Gasteiger partial charge is 0.391 e. The Kier molecular flexibility index (Phi) is 30.5. The highest BCUT2D eigenvalue weighted by molar-refractivity contribution is 6.09. The van der Waals surface area contributed by atoms with Crippen LogP contribution in [-0.4, -0.2) is 238 Å². The van der Waals surface area contributed by atoms with E-state index in [1.807, 2.05) is 41.5 Å². The molecule has 0 aliphatic carbocycles. The van der Waals surface area contributed by atoms with Gasteiger partial charge in [0.15, 0.2) is 6.04 Å². The van der Waals surface area contributed by atoms with Gasteiger partial charge in [0.2, 0.25) is 59.1 Å². The molecule has 1 aromatic rings. The molecule has 2 heterocycles. The first-order valence-corrected chi connectivity index (χ1v) is 32.5. The molecule has 25 nitrogen and oxygen atoms in total. The third-order valence-electron chi connectivity index (χ3n) is 17.9. The molecule has 2 aliphatic rings. The molecule has 0 aromatic heterocycles. The van der Waals surface area contributed by atoms with E-state index in [1.165, 1.54) is 94.5 Å². The summed E-state index contributed by atoms with van der Waals surface area (Å²) < 4.78 is 0. The molecule has 1 unspecified atom stereocenters. The first kappa shape index (κ1) is 78.1. The smallest absolute Gasteiger partial charge is 0.255 e. The van der Waals surface area contributed by atoms with Gasteiger partial charge in [0, 0.05) is 68.2 Å². The average molecular weight is 1280 g/mol. The first-order chi connectivity index (χ1) is 42.4. The minimum atomic E-state index is -1.88. The van der Waals surface area contributed by atoms with Gasteiger partial charge in [-0.3, -0.25) is 57.5 Å². The fourth-order valence-electron chi connectivity index (χ4n) is 11.6. The molecular weight excluding hydrogens is 1170 g/mol. The number of carbonyl (C=O) groups excluding carboxylic acids is 12. The third-order valence-corrected chi connectivity index (χ3v) is 17.9. The van der Waals surface area contributed by atoms with Crippen LogP contribution in [0.2, 0.25) is 0 Å². The quantitative estimate of drug-likeness (QED) is 0.155. The van der Waals surface area contributed by atoms with Crippen LogP contribution in [0.5, 0.6) is 0 Å². The number of hydrogen-bond acceptors (Lipinski definition) is 13. The van der Waals surface area contributed by atoms with Crippen LogP contribution in [-0.2, 0) is 64.0 Å². The summed E-state index contributed by atoms with van der Waals surface area (Å²) in [7, 11) is 8.34. The van der Waals surface area contributed by atoms with Crippen LogP contribution in [0.3, 0.4) is 0 Å². The molecule has 2 aliphatic heterocycles. The van der Waals surface area contributed by atoms with Crippen molar-refractivity contribution >= 4 is 70.9 Å². The van der Waals surface area contributed by atoms with Gasteiger partial charge >= 0.3 is 0 Å². The van der Waals surface area contributed by atoms with Gasteiger partial charge in [-0.1, -0.05) is 106 Å². The van der Waals surface area contributed by atoms with Crippen LogP contribution < -0.4 is 26.6 Å². The molecule has 13 atom stereocenters. The summed E-state index contributed by atoms with van der Waals surface area (Å²) in [6, 6.07) is -5.66. The Hall–Kier alpha value is -7.18. The van der Waals surface area contributed by atoms with Crippen LogP contribution >= 0.6 is 0 Å². The summed E-state index contributed by atoms with van der Waals surface area (Å²) in [6.45, 7) is 24.3. The Labute approximate surface area is 540 Å². The normalized spacial score (nSPS) is 27.5. The fourth-order valence-corrected chi connectivity index (χ4v) is 11.6. The molecule has 1 aromatic carbocycles. The maximum Gasteiger partial charge on any atom is 0.255 e. The van der Waals surface area contributed by atoms with Crippen LogP contribution in [0.1, 0.15) is 154 Å². The molecular formula is C66H110N12O13. The van der Waals surface area contributed by atoms with Crippen molar-refractivity contribution in [2.45, 2.75) is 227 Å². The average Bonchev–Trinajstić information content (AvgIpc) is 1.18. The van der Waals surface area contributed by atoms with Crippen LogP contribution in [0, 0.1) is 29.6 Å². The molecule has 0 spiro atoms. The molecule has 3 rings (SSSR count). The van der Waals surface area contributed by atoms with Gasteiger partial charge in [-0.2, -0.15) is 0 Å². The van der Waals surface area contributed by atoms with Crippen molar-refractivity contribution in [2.24, 2.45) is 29.6 Å². The summed E-state index contributed by atoms with van der Waals surface area (Å²) in [5.74, 6) is -10.5. The number of hydrogen-bond donors (Lipinski definition) is 6. The van der Waals surface area contributed by atoms with Crippen molar-refractivity contribution in [2.75, 3.05) is 55.4 Å². The lowest BCUT2D eigenvalue weighted by atomic mass is 9.95. The van der Waals surface area contributed by atoms with Crippen LogP contribution in [0.25, 0.3) is 0 Å². The Morgan fingerprint density at radius 1 is 0.516 bits per heavy atom. The van der Waals surface area contributed by atoms with E-state index in [9.17, 15) is 53.1 Å². The van der Waals surface area contributed by atoms with Crippen molar-refractivity contribution in [3.63, 3.8) is 0 Å². The van der Waals surface area contributed by atoms with Gasteiger partial charge in [-0.15, -0.1) is 0 Å². The fraction of sp³-hybridized carbons (Fsp3) is 0.727. The molecule has 0 bridgehead atoms. The molecule has 0 radical (unpaired) electrons. The minimum Gasteiger partial charge on any atom is -0.391 e. The van der Waals surface area contributed by atoms with Crippen molar-refractivity contribution in [3.8, 4) is 0 Å². The SMILES string of the molecule is CC[C@H](C)[C@@H]1NC(=O)[C@H](CC(C)C)N(C)C(=O)[C@H](C(C)C)N(C)C(=O)[C@H](C)NC(=O)[C@H](C)N(C)C(=O)[C@H](Cc2ccccc2)NC(=O)CC([C@@H](C)O)NC(=O)[C@H](CC(C)C)N(C)C(=O)[C@H](CC(C)C)N(C)C(=O)[C@H](C)N(C)C(=O)[C@@H](C(=O)N2CCCCC2)NC1=O. The lowest BCUT2D eigenvalue weighted by Gasteiger charge is -2.39. The second-order valence-corrected chi connectivity index (χ2v) is 27.0. The van der Waals surface area contributed by atoms with Crippen molar-refractivity contribution in [1.29, 1.82) is 0 Å². The Morgan fingerprint density at radius 3 is 1.52 bits per heavy atom. The molecule has 12 amide bonds. The van der Waals surface area contributed by atoms with E-state index in [2.05, 4.69) is 26.6 Å². The molecule has 91 heavy (non-hydrogen) atoms. The van der Waals surface area contributed by atoms with Crippen LogP contribution in [0.15, 0.2) is 30.3 Å². The van der Waals surface area contributed by atoms with E-state index in [1.54, 1.807) is 58.0 Å². The van der Waals surface area contributed by atoms with Crippen molar-refractivity contribution in [3.05, 3.63) is 35.9 Å². The number of rotatable bonds is 13. The lowest BCUT2D eigenvalue weighted by Crippen LogP contribution is -2.64. The summed E-state index contributed by atoms with van der Waals surface area (Å²) in [5.41, 5.74) is 0.651. The summed E-state index contributed by atoms with van der Waals surface area (Å²) >= 11 is 0. The molecule has 25 heteroatoms. The van der Waals surface area contributed by atoms with E-state index in [0.29, 0.717) is 37.9 Å². The van der Waals surface area contributed by atoms with E-state index < -0.39 is 162 Å². The molecule has 0 saturated carbocycles. The molecule has 2 saturated heterocycles. The molecule has 2 fully saturated rings. The Bertz CT molecular complexity index is 2680.